The molecule has 1 N–H and O–H groups in total. The Morgan fingerprint density at radius 3 is 2.32 bits per heavy atom. The van der Waals surface area contributed by atoms with Crippen molar-refractivity contribution in [1.82, 2.24) is 14.8 Å². The molecule has 1 atom stereocenters. The summed E-state index contributed by atoms with van der Waals surface area (Å²) in [6.45, 7) is 9.40. The Labute approximate surface area is 176 Å². The summed E-state index contributed by atoms with van der Waals surface area (Å²) >= 11 is 0. The Kier molecular flexibility index (Phi) is 3.92. The van der Waals surface area contributed by atoms with E-state index in [1.807, 2.05) is 0 Å². The molecule has 3 heterocycles. The normalized spacial score (nSPS) is 17.0. The zero-order valence-corrected chi connectivity index (χ0v) is 16.2. The number of allylic oxidation sites excluding steroid dienone is 2. The summed E-state index contributed by atoms with van der Waals surface area (Å²) in [5.74, 6) is -0.737. The van der Waals surface area contributed by atoms with E-state index < -0.39 is 17.9 Å². The number of aromatic nitrogens is 3. The van der Waals surface area contributed by atoms with Gasteiger partial charge < -0.3 is 5.32 Å². The van der Waals surface area contributed by atoms with Gasteiger partial charge in [-0.25, -0.2) is 14.4 Å². The maximum absolute atomic E-state index is 12.8. The van der Waals surface area contributed by atoms with Crippen LogP contribution in [0.4, 0.5) is 11.9 Å². The molecule has 0 spiro atoms. The lowest BCUT2D eigenvalue weighted by molar-refractivity contribution is 0.0924. The molecule has 2 aliphatic rings. The monoisotopic (exact) mass is 407 g/mol. The van der Waals surface area contributed by atoms with E-state index in [1.165, 1.54) is 4.68 Å². The van der Waals surface area contributed by atoms with E-state index in [1.54, 1.807) is 55.5 Å². The summed E-state index contributed by atoms with van der Waals surface area (Å²) in [5.41, 5.74) is 2.81. The summed E-state index contributed by atoms with van der Waals surface area (Å²) in [6, 6.07) is 14.8. The van der Waals surface area contributed by atoms with E-state index in [4.69, 9.17) is 11.8 Å². The van der Waals surface area contributed by atoms with Crippen LogP contribution in [0.25, 0.3) is 4.85 Å². The highest BCUT2D eigenvalue weighted by molar-refractivity contribution is 6.33. The van der Waals surface area contributed by atoms with Gasteiger partial charge >= 0.3 is 0 Å². The Hall–Kier alpha value is -4.76. The molecule has 1 unspecified atom stereocenters. The predicted octanol–water partition coefficient (Wildman–Crippen LogP) is 3.12. The number of hydrogen-bond acceptors (Lipinski definition) is 6. The molecule has 0 radical (unpaired) electrons. The second-order valence-electron chi connectivity index (χ2n) is 7.05. The maximum Gasteiger partial charge on any atom is 0.268 e. The smallest absolute Gasteiger partial charge is 0.268 e. The first-order valence-corrected chi connectivity index (χ1v) is 9.33. The second-order valence-corrected chi connectivity index (χ2v) is 7.05. The molecule has 2 aliphatic heterocycles. The second kappa shape index (κ2) is 6.65. The van der Waals surface area contributed by atoms with Gasteiger partial charge in [-0.1, -0.05) is 24.3 Å². The van der Waals surface area contributed by atoms with Crippen molar-refractivity contribution >= 4 is 23.7 Å². The zero-order valence-electron chi connectivity index (χ0n) is 16.2. The molecule has 9 nitrogen and oxygen atoms in total. The molecule has 0 bridgehead atoms. The molecule has 5 rings (SSSR count). The van der Waals surface area contributed by atoms with E-state index in [9.17, 15) is 9.59 Å². The molecule has 0 aliphatic carbocycles. The quantitative estimate of drug-likeness (QED) is 0.517. The minimum atomic E-state index is -0.613. The lowest BCUT2D eigenvalue weighted by atomic mass is 10.0. The molecule has 2 amide bonds. The Morgan fingerprint density at radius 1 is 1.10 bits per heavy atom. The highest BCUT2D eigenvalue weighted by Crippen LogP contribution is 2.37. The Balaban J connectivity index is 1.62. The summed E-state index contributed by atoms with van der Waals surface area (Å²) < 4.78 is 1.49. The predicted molar refractivity (Wildman–Crippen MR) is 110 cm³/mol. The van der Waals surface area contributed by atoms with Gasteiger partial charge in [-0.15, -0.1) is 5.10 Å². The topological polar surface area (TPSA) is 108 Å². The number of carbonyl (C=O) groups excluding carboxylic acids is 2. The number of fused-ring (bicyclic) bond motifs is 2. The van der Waals surface area contributed by atoms with Crippen LogP contribution in [0, 0.1) is 17.9 Å². The lowest BCUT2D eigenvalue weighted by Crippen LogP contribution is -2.30. The molecule has 0 saturated carbocycles. The number of imide groups is 1. The minimum Gasteiger partial charge on any atom is -0.338 e. The average Bonchev–Trinajstić information content (AvgIpc) is 3.31. The molecular weight excluding hydrogens is 394 g/mol. The third kappa shape index (κ3) is 2.61. The van der Waals surface area contributed by atoms with Gasteiger partial charge in [0, 0.05) is 5.70 Å². The third-order valence-electron chi connectivity index (χ3n) is 5.28. The molecule has 0 saturated heterocycles. The molecule has 9 heteroatoms. The van der Waals surface area contributed by atoms with Crippen LogP contribution in [0.15, 0.2) is 59.9 Å². The average molecular weight is 407 g/mol. The number of anilines is 2. The molecule has 0 fully saturated rings. The zero-order chi connectivity index (χ0) is 21.7. The largest absolute Gasteiger partial charge is 0.338 e. The number of carbonyl (C=O) groups is 2. The van der Waals surface area contributed by atoms with Crippen LogP contribution >= 0.6 is 0 Å². The molecule has 2 aromatic carbocycles. The fourth-order valence-corrected chi connectivity index (χ4v) is 3.78. The number of amides is 2. The van der Waals surface area contributed by atoms with Crippen LogP contribution in [0.1, 0.15) is 44.8 Å². The standard InChI is InChI=1S/C22H13N7O2/c1-12-17(24-2)18(14-9-7-13(11-23)8-10-14)29-21(25-12)26-22(27-29)28-19(30)15-5-3-4-6-16(15)20(28)31/h3-10,18H,1H3,(H,25,26,27). The number of rotatable bonds is 2. The fraction of sp³-hybridized carbons (Fsp3) is 0.0909. The van der Waals surface area contributed by atoms with Gasteiger partial charge in [0.15, 0.2) is 0 Å². The van der Waals surface area contributed by atoms with Crippen LogP contribution in [-0.2, 0) is 0 Å². The molecule has 3 aromatic rings. The van der Waals surface area contributed by atoms with Gasteiger partial charge in [0.1, 0.15) is 6.04 Å². The van der Waals surface area contributed by atoms with Crippen molar-refractivity contribution in [2.75, 3.05) is 10.2 Å². The highest BCUT2D eigenvalue weighted by Gasteiger charge is 2.40. The first-order chi connectivity index (χ1) is 15.0. The molecule has 148 valence electrons. The fourth-order valence-electron chi connectivity index (χ4n) is 3.78. The van der Waals surface area contributed by atoms with E-state index in [-0.39, 0.29) is 5.95 Å². The number of nitriles is 1. The van der Waals surface area contributed by atoms with E-state index in [0.29, 0.717) is 34.0 Å². The lowest BCUT2D eigenvalue weighted by Gasteiger charge is -2.25. The van der Waals surface area contributed by atoms with Crippen molar-refractivity contribution in [2.45, 2.75) is 13.0 Å². The minimum absolute atomic E-state index is 0.0635. The maximum atomic E-state index is 12.8. The van der Waals surface area contributed by atoms with Crippen molar-refractivity contribution in [3.63, 3.8) is 0 Å². The van der Waals surface area contributed by atoms with Crippen LogP contribution in [0.5, 0.6) is 0 Å². The van der Waals surface area contributed by atoms with Crippen LogP contribution < -0.4 is 10.2 Å². The first-order valence-electron chi connectivity index (χ1n) is 9.33. The van der Waals surface area contributed by atoms with Gasteiger partial charge in [0.05, 0.1) is 29.3 Å². The van der Waals surface area contributed by atoms with Crippen molar-refractivity contribution in [2.24, 2.45) is 0 Å². The van der Waals surface area contributed by atoms with E-state index in [0.717, 1.165) is 10.5 Å². The van der Waals surface area contributed by atoms with Crippen molar-refractivity contribution < 1.29 is 9.59 Å². The van der Waals surface area contributed by atoms with Crippen molar-refractivity contribution in [1.29, 1.82) is 5.26 Å². The molecule has 1 aromatic heterocycles. The number of nitrogens with one attached hydrogen (secondary N) is 1. The van der Waals surface area contributed by atoms with Gasteiger partial charge in [-0.2, -0.15) is 10.2 Å². The molecular formula is C22H13N7O2. The highest BCUT2D eigenvalue weighted by atomic mass is 16.2. The van der Waals surface area contributed by atoms with Crippen LogP contribution in [0.2, 0.25) is 0 Å². The van der Waals surface area contributed by atoms with E-state index >= 15 is 0 Å². The van der Waals surface area contributed by atoms with Crippen LogP contribution in [-0.4, -0.2) is 26.6 Å². The van der Waals surface area contributed by atoms with Gasteiger partial charge in [-0.3, -0.25) is 9.59 Å². The third-order valence-corrected chi connectivity index (χ3v) is 5.28. The summed E-state index contributed by atoms with van der Waals surface area (Å²) in [4.78, 5) is 34.7. The Morgan fingerprint density at radius 2 is 1.74 bits per heavy atom. The van der Waals surface area contributed by atoms with Crippen LogP contribution in [0.3, 0.4) is 0 Å². The Bertz CT molecular complexity index is 1350. The summed E-state index contributed by atoms with van der Waals surface area (Å²) in [5, 5.41) is 16.5. The summed E-state index contributed by atoms with van der Waals surface area (Å²) in [6.07, 6.45) is 0. The SMILES string of the molecule is [C-]#[N+]C1=C(C)Nc2nc(N3C(=O)c4ccccc4C3=O)nn2C1c1ccc(C#N)cc1. The van der Waals surface area contributed by atoms with Crippen molar-refractivity contribution in [3.05, 3.63) is 93.6 Å². The van der Waals surface area contributed by atoms with E-state index in [2.05, 4.69) is 26.3 Å². The van der Waals surface area contributed by atoms with Gasteiger partial charge in [-0.05, 0) is 36.8 Å². The number of nitrogens with zero attached hydrogens (tertiary/aromatic N) is 6. The number of hydrogen-bond donors (Lipinski definition) is 1. The number of benzene rings is 2. The summed E-state index contributed by atoms with van der Waals surface area (Å²) in [7, 11) is 0. The first kappa shape index (κ1) is 18.3. The van der Waals surface area contributed by atoms with Gasteiger partial charge in [0.2, 0.25) is 11.6 Å². The van der Waals surface area contributed by atoms with Crippen molar-refractivity contribution in [3.8, 4) is 6.07 Å². The van der Waals surface area contributed by atoms with Gasteiger partial charge in [0.25, 0.3) is 17.8 Å². The molecule has 31 heavy (non-hydrogen) atoms.